The summed E-state index contributed by atoms with van der Waals surface area (Å²) < 4.78 is 0. The lowest BCUT2D eigenvalue weighted by Crippen LogP contribution is -2.40. The highest BCUT2D eigenvalue weighted by Crippen LogP contribution is 2.14. The molecule has 0 saturated carbocycles. The molecule has 1 aliphatic heterocycles. The smallest absolute Gasteiger partial charge is 0.234 e. The molecule has 0 aromatic carbocycles. The van der Waals surface area contributed by atoms with Gasteiger partial charge in [0.2, 0.25) is 5.91 Å². The Hall–Kier alpha value is -0.610. The largest absolute Gasteiger partial charge is 0.353 e. The van der Waals surface area contributed by atoms with E-state index in [-0.39, 0.29) is 11.9 Å². The molecule has 16 heavy (non-hydrogen) atoms. The first-order valence-electron chi connectivity index (χ1n) is 6.26. The van der Waals surface area contributed by atoms with E-state index in [0.29, 0.717) is 6.54 Å². The first-order chi connectivity index (χ1) is 7.58. The van der Waals surface area contributed by atoms with Crippen molar-refractivity contribution < 1.29 is 4.79 Å². The van der Waals surface area contributed by atoms with E-state index in [1.54, 1.807) is 0 Å². The van der Waals surface area contributed by atoms with Gasteiger partial charge in [-0.25, -0.2) is 0 Å². The van der Waals surface area contributed by atoms with Crippen LogP contribution < -0.4 is 10.6 Å². The summed E-state index contributed by atoms with van der Waals surface area (Å²) >= 11 is 0. The summed E-state index contributed by atoms with van der Waals surface area (Å²) in [5.41, 5.74) is 0. The van der Waals surface area contributed by atoms with E-state index in [4.69, 9.17) is 0 Å². The molecule has 1 saturated heterocycles. The van der Waals surface area contributed by atoms with Crippen LogP contribution in [-0.2, 0) is 4.79 Å². The number of carbonyl (C=O) groups excluding carboxylic acids is 1. The Labute approximate surface area is 98.8 Å². The van der Waals surface area contributed by atoms with Crippen LogP contribution in [0.2, 0.25) is 0 Å². The zero-order valence-corrected chi connectivity index (χ0v) is 10.8. The summed E-state index contributed by atoms with van der Waals surface area (Å²) in [5.74, 6) is 0.839. The van der Waals surface area contributed by atoms with Gasteiger partial charge in [-0.05, 0) is 59.3 Å². The topological polar surface area (TPSA) is 44.4 Å². The third kappa shape index (κ3) is 5.47. The van der Waals surface area contributed by atoms with Crippen molar-refractivity contribution in [3.63, 3.8) is 0 Å². The van der Waals surface area contributed by atoms with E-state index in [2.05, 4.69) is 22.6 Å². The maximum atomic E-state index is 11.4. The normalized spacial score (nSPS) is 19.0. The molecular formula is C12H25N3O. The fourth-order valence-electron chi connectivity index (χ4n) is 2.03. The molecule has 0 radical (unpaired) electrons. The number of hydrogen-bond donors (Lipinski definition) is 2. The summed E-state index contributed by atoms with van der Waals surface area (Å²) in [6.45, 7) is 7.75. The summed E-state index contributed by atoms with van der Waals surface area (Å²) in [4.78, 5) is 13.7. The van der Waals surface area contributed by atoms with Crippen molar-refractivity contribution >= 4 is 5.91 Å². The zero-order chi connectivity index (χ0) is 12.0. The Balaban J connectivity index is 2.04. The van der Waals surface area contributed by atoms with E-state index in [9.17, 15) is 4.79 Å². The van der Waals surface area contributed by atoms with Crippen LogP contribution in [0.1, 0.15) is 26.7 Å². The SMILES string of the molecule is CC(C)NC(=O)CNCC1CCN(C)CC1. The summed E-state index contributed by atoms with van der Waals surface area (Å²) in [6.07, 6.45) is 2.49. The quantitative estimate of drug-likeness (QED) is 0.716. The Morgan fingerprint density at radius 1 is 1.38 bits per heavy atom. The average molecular weight is 227 g/mol. The highest BCUT2D eigenvalue weighted by molar-refractivity contribution is 5.78. The molecule has 94 valence electrons. The summed E-state index contributed by atoms with van der Waals surface area (Å²) in [7, 11) is 2.17. The third-order valence-electron chi connectivity index (χ3n) is 3.01. The average Bonchev–Trinajstić information content (AvgIpc) is 2.20. The molecule has 0 aliphatic carbocycles. The molecule has 1 aliphatic rings. The first-order valence-corrected chi connectivity index (χ1v) is 6.26. The fourth-order valence-corrected chi connectivity index (χ4v) is 2.03. The lowest BCUT2D eigenvalue weighted by atomic mass is 9.97. The van der Waals surface area contributed by atoms with Crippen LogP contribution in [0.15, 0.2) is 0 Å². The molecule has 0 spiro atoms. The number of nitrogens with zero attached hydrogens (tertiary/aromatic N) is 1. The van der Waals surface area contributed by atoms with Crippen molar-refractivity contribution in [2.45, 2.75) is 32.7 Å². The molecule has 0 aromatic heterocycles. The maximum absolute atomic E-state index is 11.4. The van der Waals surface area contributed by atoms with Crippen LogP contribution >= 0.6 is 0 Å². The molecule has 0 bridgehead atoms. The fraction of sp³-hybridized carbons (Fsp3) is 0.917. The predicted octanol–water partition coefficient (Wildman–Crippen LogP) is 0.442. The van der Waals surface area contributed by atoms with E-state index >= 15 is 0 Å². The van der Waals surface area contributed by atoms with Crippen molar-refractivity contribution in [2.75, 3.05) is 33.2 Å². The minimum absolute atomic E-state index is 0.0999. The van der Waals surface area contributed by atoms with Crippen LogP contribution in [0.5, 0.6) is 0 Å². The van der Waals surface area contributed by atoms with Gasteiger partial charge in [0, 0.05) is 6.04 Å². The highest BCUT2D eigenvalue weighted by Gasteiger charge is 2.16. The molecular weight excluding hydrogens is 202 g/mol. The van der Waals surface area contributed by atoms with Gasteiger partial charge in [-0.15, -0.1) is 0 Å². The number of amides is 1. The Morgan fingerprint density at radius 2 is 2.00 bits per heavy atom. The molecule has 0 atom stereocenters. The summed E-state index contributed by atoms with van der Waals surface area (Å²) in [6, 6.07) is 0.234. The lowest BCUT2D eigenvalue weighted by Gasteiger charge is -2.29. The molecule has 2 N–H and O–H groups in total. The van der Waals surface area contributed by atoms with Gasteiger partial charge in [0.15, 0.2) is 0 Å². The van der Waals surface area contributed by atoms with Gasteiger partial charge in [0.1, 0.15) is 0 Å². The van der Waals surface area contributed by atoms with E-state index in [0.717, 1.165) is 12.5 Å². The zero-order valence-electron chi connectivity index (χ0n) is 10.8. The van der Waals surface area contributed by atoms with Gasteiger partial charge in [0.25, 0.3) is 0 Å². The second kappa shape index (κ2) is 6.86. The highest BCUT2D eigenvalue weighted by atomic mass is 16.1. The van der Waals surface area contributed by atoms with Crippen molar-refractivity contribution in [3.8, 4) is 0 Å². The second-order valence-corrected chi connectivity index (χ2v) is 5.10. The predicted molar refractivity (Wildman–Crippen MR) is 66.4 cm³/mol. The van der Waals surface area contributed by atoms with Gasteiger partial charge in [0.05, 0.1) is 6.54 Å². The lowest BCUT2D eigenvalue weighted by molar-refractivity contribution is -0.120. The minimum Gasteiger partial charge on any atom is -0.353 e. The van der Waals surface area contributed by atoms with Crippen LogP contribution in [0.3, 0.4) is 0 Å². The van der Waals surface area contributed by atoms with E-state index in [1.807, 2.05) is 13.8 Å². The number of nitrogens with one attached hydrogen (secondary N) is 2. The summed E-state index contributed by atoms with van der Waals surface area (Å²) in [5, 5.41) is 6.12. The van der Waals surface area contributed by atoms with Crippen LogP contribution in [-0.4, -0.2) is 50.1 Å². The minimum atomic E-state index is 0.0999. The molecule has 4 heteroatoms. The Bertz CT molecular complexity index is 210. The van der Waals surface area contributed by atoms with Crippen LogP contribution in [0.25, 0.3) is 0 Å². The maximum Gasteiger partial charge on any atom is 0.234 e. The van der Waals surface area contributed by atoms with Crippen LogP contribution in [0, 0.1) is 5.92 Å². The monoisotopic (exact) mass is 227 g/mol. The molecule has 1 heterocycles. The van der Waals surface area contributed by atoms with Crippen molar-refractivity contribution in [2.24, 2.45) is 5.92 Å². The van der Waals surface area contributed by atoms with Crippen LogP contribution in [0.4, 0.5) is 0 Å². The van der Waals surface area contributed by atoms with Crippen molar-refractivity contribution in [3.05, 3.63) is 0 Å². The Morgan fingerprint density at radius 3 is 2.56 bits per heavy atom. The van der Waals surface area contributed by atoms with Gasteiger partial charge >= 0.3 is 0 Å². The number of likely N-dealkylation sites (tertiary alicyclic amines) is 1. The first kappa shape index (κ1) is 13.5. The number of piperidine rings is 1. The molecule has 1 fully saturated rings. The number of carbonyl (C=O) groups is 1. The second-order valence-electron chi connectivity index (χ2n) is 5.10. The number of rotatable bonds is 5. The van der Waals surface area contributed by atoms with Gasteiger partial charge in [-0.1, -0.05) is 0 Å². The van der Waals surface area contributed by atoms with E-state index in [1.165, 1.54) is 25.9 Å². The molecule has 0 unspecified atom stereocenters. The van der Waals surface area contributed by atoms with Crippen molar-refractivity contribution in [1.29, 1.82) is 0 Å². The molecule has 4 nitrogen and oxygen atoms in total. The van der Waals surface area contributed by atoms with Gasteiger partial charge in [-0.2, -0.15) is 0 Å². The standard InChI is InChI=1S/C12H25N3O/c1-10(2)14-12(16)9-13-8-11-4-6-15(3)7-5-11/h10-11,13H,4-9H2,1-3H3,(H,14,16). The van der Waals surface area contributed by atoms with Crippen molar-refractivity contribution in [1.82, 2.24) is 15.5 Å². The number of hydrogen-bond acceptors (Lipinski definition) is 3. The van der Waals surface area contributed by atoms with Gasteiger partial charge < -0.3 is 15.5 Å². The molecule has 1 amide bonds. The van der Waals surface area contributed by atoms with Gasteiger partial charge in [-0.3, -0.25) is 4.79 Å². The Kier molecular flexibility index (Phi) is 5.77. The molecule has 1 rings (SSSR count). The van der Waals surface area contributed by atoms with E-state index < -0.39 is 0 Å². The molecule has 0 aromatic rings. The third-order valence-corrected chi connectivity index (χ3v) is 3.01.